The number of carboxylic acid groups (broad SMARTS) is 1. The van der Waals surface area contributed by atoms with E-state index in [1.165, 1.54) is 0 Å². The monoisotopic (exact) mass is 299 g/mol. The summed E-state index contributed by atoms with van der Waals surface area (Å²) in [4.78, 5) is 16.6. The van der Waals surface area contributed by atoms with Crippen LogP contribution in [0.4, 0.5) is 0 Å². The van der Waals surface area contributed by atoms with Crippen molar-refractivity contribution in [2.24, 2.45) is 0 Å². The predicted octanol–water partition coefficient (Wildman–Crippen LogP) is 1.64. The van der Waals surface area contributed by atoms with Crippen molar-refractivity contribution in [3.05, 3.63) is 0 Å². The van der Waals surface area contributed by atoms with Gasteiger partial charge >= 0.3 is 5.97 Å². The molecule has 0 saturated carbocycles. The Morgan fingerprint density at radius 1 is 1.33 bits per heavy atom. The number of hydrogen-bond acceptors (Lipinski definition) is 4. The number of likely N-dealkylation sites (N-methyl/N-ethyl adjacent to an activating group) is 2. The number of nitrogens with zero attached hydrogens (tertiary/aromatic N) is 2. The fourth-order valence-electron chi connectivity index (χ4n) is 3.41. The van der Waals surface area contributed by atoms with Gasteiger partial charge in [0.15, 0.2) is 0 Å². The normalized spacial score (nSPS) is 23.9. The van der Waals surface area contributed by atoms with Crippen LogP contribution in [0.1, 0.15) is 47.0 Å². The van der Waals surface area contributed by atoms with Gasteiger partial charge in [-0.05, 0) is 45.8 Å². The summed E-state index contributed by atoms with van der Waals surface area (Å²) in [6.07, 6.45) is 2.28. The average molecular weight is 299 g/mol. The number of aliphatic carboxylic acids is 1. The van der Waals surface area contributed by atoms with Crippen LogP contribution in [0.5, 0.6) is 0 Å². The number of rotatable bonds is 9. The number of piperazine rings is 1. The summed E-state index contributed by atoms with van der Waals surface area (Å²) in [5, 5.41) is 12.7. The molecule has 0 aromatic rings. The van der Waals surface area contributed by atoms with E-state index in [4.69, 9.17) is 0 Å². The molecule has 5 heteroatoms. The lowest BCUT2D eigenvalue weighted by molar-refractivity contribution is -0.145. The zero-order valence-electron chi connectivity index (χ0n) is 14.2. The van der Waals surface area contributed by atoms with E-state index in [-0.39, 0.29) is 0 Å². The van der Waals surface area contributed by atoms with Crippen LogP contribution in [0.3, 0.4) is 0 Å². The second-order valence-electron chi connectivity index (χ2n) is 6.15. The van der Waals surface area contributed by atoms with E-state index in [0.717, 1.165) is 39.1 Å². The van der Waals surface area contributed by atoms with E-state index in [0.29, 0.717) is 25.4 Å². The summed E-state index contributed by atoms with van der Waals surface area (Å²) in [7, 11) is 0. The molecule has 1 fully saturated rings. The van der Waals surface area contributed by atoms with Crippen LogP contribution >= 0.6 is 0 Å². The summed E-state index contributed by atoms with van der Waals surface area (Å²) in [5.41, 5.74) is -0.744. The first-order valence-electron chi connectivity index (χ1n) is 8.43. The van der Waals surface area contributed by atoms with Gasteiger partial charge in [0, 0.05) is 25.7 Å². The maximum absolute atomic E-state index is 11.6. The molecular weight excluding hydrogens is 266 g/mol. The van der Waals surface area contributed by atoms with Gasteiger partial charge in [0.1, 0.15) is 5.54 Å². The smallest absolute Gasteiger partial charge is 0.323 e. The number of nitrogens with one attached hydrogen (secondary N) is 1. The Morgan fingerprint density at radius 3 is 2.52 bits per heavy atom. The Labute approximate surface area is 129 Å². The van der Waals surface area contributed by atoms with Crippen molar-refractivity contribution in [2.45, 2.75) is 58.5 Å². The van der Waals surface area contributed by atoms with Crippen molar-refractivity contribution in [2.75, 3.05) is 39.3 Å². The van der Waals surface area contributed by atoms with Gasteiger partial charge in [-0.2, -0.15) is 0 Å². The molecule has 0 aromatic heterocycles. The van der Waals surface area contributed by atoms with Gasteiger partial charge in [0.2, 0.25) is 0 Å². The van der Waals surface area contributed by atoms with Gasteiger partial charge in [-0.1, -0.05) is 20.8 Å². The van der Waals surface area contributed by atoms with E-state index in [9.17, 15) is 9.90 Å². The number of hydrogen-bond donors (Lipinski definition) is 2. The maximum atomic E-state index is 11.6. The fourth-order valence-corrected chi connectivity index (χ4v) is 3.41. The summed E-state index contributed by atoms with van der Waals surface area (Å²) in [5.74, 6) is -0.712. The molecule has 1 aliphatic rings. The SMILES string of the molecule is CCNC(CC)(CCCN1CCN(CC)C(C)C1)C(=O)O. The van der Waals surface area contributed by atoms with Gasteiger partial charge in [-0.25, -0.2) is 0 Å². The predicted molar refractivity (Wildman–Crippen MR) is 86.7 cm³/mol. The summed E-state index contributed by atoms with van der Waals surface area (Å²) in [6, 6.07) is 0.605. The van der Waals surface area contributed by atoms with Gasteiger partial charge in [-0.3, -0.25) is 9.69 Å². The van der Waals surface area contributed by atoms with Crippen molar-refractivity contribution in [3.8, 4) is 0 Å². The fraction of sp³-hybridized carbons (Fsp3) is 0.938. The summed E-state index contributed by atoms with van der Waals surface area (Å²) >= 11 is 0. The molecule has 1 aliphatic heterocycles. The maximum Gasteiger partial charge on any atom is 0.323 e. The molecule has 21 heavy (non-hydrogen) atoms. The Balaban J connectivity index is 2.43. The Bertz CT molecular complexity index is 325. The number of carboxylic acids is 1. The highest BCUT2D eigenvalue weighted by Gasteiger charge is 2.35. The molecule has 5 nitrogen and oxygen atoms in total. The van der Waals surface area contributed by atoms with Gasteiger partial charge in [0.25, 0.3) is 0 Å². The van der Waals surface area contributed by atoms with Crippen molar-refractivity contribution in [1.82, 2.24) is 15.1 Å². The highest BCUT2D eigenvalue weighted by molar-refractivity contribution is 5.78. The third-order valence-electron chi connectivity index (χ3n) is 4.86. The summed E-state index contributed by atoms with van der Waals surface area (Å²) < 4.78 is 0. The Morgan fingerprint density at radius 2 is 2.05 bits per heavy atom. The lowest BCUT2D eigenvalue weighted by Gasteiger charge is -2.39. The molecule has 124 valence electrons. The molecule has 0 aliphatic carbocycles. The average Bonchev–Trinajstić information content (AvgIpc) is 2.46. The molecule has 1 saturated heterocycles. The third-order valence-corrected chi connectivity index (χ3v) is 4.86. The van der Waals surface area contributed by atoms with Gasteiger partial charge in [-0.15, -0.1) is 0 Å². The second-order valence-corrected chi connectivity index (χ2v) is 6.15. The second kappa shape index (κ2) is 8.71. The van der Waals surface area contributed by atoms with Crippen molar-refractivity contribution >= 4 is 5.97 Å². The quantitative estimate of drug-likeness (QED) is 0.678. The van der Waals surface area contributed by atoms with Crippen molar-refractivity contribution < 1.29 is 9.90 Å². The van der Waals surface area contributed by atoms with Crippen LogP contribution in [-0.2, 0) is 4.79 Å². The van der Waals surface area contributed by atoms with E-state index < -0.39 is 11.5 Å². The van der Waals surface area contributed by atoms with E-state index in [1.807, 2.05) is 13.8 Å². The van der Waals surface area contributed by atoms with E-state index in [1.54, 1.807) is 0 Å². The molecule has 0 amide bonds. The molecular formula is C16H33N3O2. The van der Waals surface area contributed by atoms with Crippen LogP contribution in [-0.4, -0.2) is 71.7 Å². The van der Waals surface area contributed by atoms with Gasteiger partial charge < -0.3 is 15.3 Å². The highest BCUT2D eigenvalue weighted by atomic mass is 16.4. The lowest BCUT2D eigenvalue weighted by atomic mass is 9.90. The minimum Gasteiger partial charge on any atom is -0.480 e. The van der Waals surface area contributed by atoms with Crippen molar-refractivity contribution in [3.63, 3.8) is 0 Å². The first-order valence-corrected chi connectivity index (χ1v) is 8.43. The zero-order valence-corrected chi connectivity index (χ0v) is 14.2. The minimum atomic E-state index is -0.744. The molecule has 1 rings (SSSR count). The van der Waals surface area contributed by atoms with Crippen LogP contribution < -0.4 is 5.32 Å². The first-order chi connectivity index (χ1) is 9.99. The number of carbonyl (C=O) groups is 1. The Hall–Kier alpha value is -0.650. The topological polar surface area (TPSA) is 55.8 Å². The third kappa shape index (κ3) is 4.94. The molecule has 0 bridgehead atoms. The van der Waals surface area contributed by atoms with E-state index in [2.05, 4.69) is 29.0 Å². The molecule has 0 radical (unpaired) electrons. The van der Waals surface area contributed by atoms with Crippen LogP contribution in [0.15, 0.2) is 0 Å². The molecule has 0 spiro atoms. The van der Waals surface area contributed by atoms with Crippen molar-refractivity contribution in [1.29, 1.82) is 0 Å². The summed E-state index contributed by atoms with van der Waals surface area (Å²) in [6.45, 7) is 14.6. The van der Waals surface area contributed by atoms with Crippen LogP contribution in [0, 0.1) is 0 Å². The molecule has 0 aromatic carbocycles. The molecule has 2 unspecified atom stereocenters. The Kier molecular flexibility index (Phi) is 7.63. The standard InChI is InChI=1S/C16H33N3O2/c1-5-16(15(20)21,17-6-2)9-8-10-18-11-12-19(7-3)14(4)13-18/h14,17H,5-13H2,1-4H3,(H,20,21). The van der Waals surface area contributed by atoms with Gasteiger partial charge in [0.05, 0.1) is 0 Å². The van der Waals surface area contributed by atoms with E-state index >= 15 is 0 Å². The largest absolute Gasteiger partial charge is 0.480 e. The first kappa shape index (κ1) is 18.4. The molecule has 1 heterocycles. The van der Waals surface area contributed by atoms with Crippen LogP contribution in [0.25, 0.3) is 0 Å². The molecule has 2 atom stereocenters. The zero-order chi connectivity index (χ0) is 15.9. The highest BCUT2D eigenvalue weighted by Crippen LogP contribution is 2.19. The lowest BCUT2D eigenvalue weighted by Crippen LogP contribution is -2.53. The molecule has 2 N–H and O–H groups in total. The minimum absolute atomic E-state index is 0.605. The van der Waals surface area contributed by atoms with Crippen LogP contribution in [0.2, 0.25) is 0 Å².